The van der Waals surface area contributed by atoms with Crippen molar-refractivity contribution in [2.45, 2.75) is 0 Å². The summed E-state index contributed by atoms with van der Waals surface area (Å²) in [7, 11) is 3.04. The van der Waals surface area contributed by atoms with Gasteiger partial charge in [-0.15, -0.1) is 11.3 Å². The number of nitrogens with two attached hydrogens (primary N) is 1. The molecule has 26 heavy (non-hydrogen) atoms. The van der Waals surface area contributed by atoms with Crippen LogP contribution in [0.1, 0.15) is 15.2 Å². The molecule has 1 aromatic heterocycles. The van der Waals surface area contributed by atoms with Gasteiger partial charge in [-0.1, -0.05) is 12.1 Å². The molecule has 3 N–H and O–H groups in total. The van der Waals surface area contributed by atoms with Gasteiger partial charge in [0.25, 0.3) is 5.91 Å². The summed E-state index contributed by atoms with van der Waals surface area (Å²) < 4.78 is 10.5. The van der Waals surface area contributed by atoms with Crippen molar-refractivity contribution in [2.75, 3.05) is 14.2 Å². The Kier molecular flexibility index (Phi) is 6.84. The summed E-state index contributed by atoms with van der Waals surface area (Å²) in [4.78, 5) is 24.6. The maximum Gasteiger partial charge on any atom is 0.284 e. The summed E-state index contributed by atoms with van der Waals surface area (Å²) in [5.74, 6) is 5.72. The van der Waals surface area contributed by atoms with Crippen molar-refractivity contribution in [3.63, 3.8) is 0 Å². The highest BCUT2D eigenvalue weighted by Crippen LogP contribution is 2.29. The Hall–Kier alpha value is -2.75. The van der Waals surface area contributed by atoms with Crippen molar-refractivity contribution < 1.29 is 19.1 Å². The number of ether oxygens (including phenoxy) is 2. The topological polar surface area (TPSA) is 93.9 Å². The lowest BCUT2D eigenvalue weighted by atomic mass is 10.1. The Labute approximate surface area is 160 Å². The molecule has 0 aliphatic heterocycles. The van der Waals surface area contributed by atoms with Crippen molar-refractivity contribution >= 4 is 46.6 Å². The summed E-state index contributed by atoms with van der Waals surface area (Å²) in [6, 6.07) is 8.59. The first-order valence-corrected chi connectivity index (χ1v) is 8.63. The van der Waals surface area contributed by atoms with Crippen LogP contribution in [-0.4, -0.2) is 36.2 Å². The number of methoxy groups -OCH3 is 2. The van der Waals surface area contributed by atoms with Crippen LogP contribution in [0.15, 0.2) is 41.8 Å². The van der Waals surface area contributed by atoms with Crippen molar-refractivity contribution in [3.8, 4) is 11.5 Å². The molecule has 2 aromatic rings. The van der Waals surface area contributed by atoms with Crippen molar-refractivity contribution in [1.82, 2.24) is 10.3 Å². The Balaban J connectivity index is 2.05. The first-order valence-electron chi connectivity index (χ1n) is 7.34. The molecular weight excluding hydrogens is 374 g/mol. The number of thiophene rings is 1. The molecule has 0 radical (unpaired) electrons. The van der Waals surface area contributed by atoms with Crippen molar-refractivity contribution in [1.29, 1.82) is 0 Å². The molecule has 0 aliphatic rings. The fourth-order valence-electron chi connectivity index (χ4n) is 2.02. The third kappa shape index (κ3) is 4.66. The standard InChI is InChI=1S/C17H17N3O4S2/c1-23-12-5-3-6-13(24-2)11(12)8-9-15(21)19-17(25)20(18)16(22)14-7-4-10-26-14/h3-10H,18H2,1-2H3,(H,19,21,25). The highest BCUT2D eigenvalue weighted by molar-refractivity contribution is 7.80. The van der Waals surface area contributed by atoms with E-state index in [1.165, 1.54) is 37.7 Å². The zero-order chi connectivity index (χ0) is 19.1. The van der Waals surface area contributed by atoms with Gasteiger partial charge >= 0.3 is 0 Å². The highest BCUT2D eigenvalue weighted by atomic mass is 32.1. The van der Waals surface area contributed by atoms with Gasteiger partial charge in [0.1, 0.15) is 11.5 Å². The molecule has 0 saturated heterocycles. The molecule has 1 aromatic carbocycles. The van der Waals surface area contributed by atoms with Gasteiger partial charge in [0.2, 0.25) is 5.91 Å². The highest BCUT2D eigenvalue weighted by Gasteiger charge is 2.18. The fourth-order valence-corrected chi connectivity index (χ4v) is 2.87. The normalized spacial score (nSPS) is 10.4. The predicted octanol–water partition coefficient (Wildman–Crippen LogP) is 2.20. The van der Waals surface area contributed by atoms with Gasteiger partial charge in [0.05, 0.1) is 24.7 Å². The number of hydrogen-bond donors (Lipinski definition) is 2. The largest absolute Gasteiger partial charge is 0.496 e. The van der Waals surface area contributed by atoms with Gasteiger partial charge in [-0.3, -0.25) is 14.9 Å². The zero-order valence-corrected chi connectivity index (χ0v) is 15.7. The molecule has 0 bridgehead atoms. The molecule has 2 rings (SSSR count). The van der Waals surface area contributed by atoms with E-state index < -0.39 is 11.8 Å². The van der Waals surface area contributed by atoms with Crippen LogP contribution in [0.3, 0.4) is 0 Å². The summed E-state index contributed by atoms with van der Waals surface area (Å²) in [5.41, 5.74) is 0.595. The lowest BCUT2D eigenvalue weighted by molar-refractivity contribution is -0.115. The molecule has 0 unspecified atom stereocenters. The number of amides is 2. The second-order valence-corrected chi connectivity index (χ2v) is 6.19. The summed E-state index contributed by atoms with van der Waals surface area (Å²) >= 11 is 6.23. The van der Waals surface area contributed by atoms with E-state index in [0.29, 0.717) is 21.9 Å². The number of hydrazine groups is 1. The molecule has 0 saturated carbocycles. The number of nitrogens with one attached hydrogen (secondary N) is 1. The van der Waals surface area contributed by atoms with Crippen LogP contribution in [0.2, 0.25) is 0 Å². The average Bonchev–Trinajstić information content (AvgIpc) is 3.19. The third-order valence-electron chi connectivity index (χ3n) is 3.27. The van der Waals surface area contributed by atoms with E-state index in [1.807, 2.05) is 0 Å². The zero-order valence-electron chi connectivity index (χ0n) is 14.1. The number of carbonyl (C=O) groups excluding carboxylic acids is 2. The van der Waals surface area contributed by atoms with E-state index in [9.17, 15) is 9.59 Å². The first kappa shape index (κ1) is 19.6. The summed E-state index contributed by atoms with van der Waals surface area (Å²) in [6.45, 7) is 0. The van der Waals surface area contributed by atoms with Gasteiger partial charge in [-0.2, -0.15) is 0 Å². The number of rotatable bonds is 5. The minimum atomic E-state index is -0.544. The molecule has 0 spiro atoms. The molecule has 136 valence electrons. The molecule has 7 nitrogen and oxygen atoms in total. The quantitative estimate of drug-likeness (QED) is 0.267. The molecule has 9 heteroatoms. The molecule has 0 aliphatic carbocycles. The van der Waals surface area contributed by atoms with Crippen molar-refractivity contribution in [3.05, 3.63) is 52.2 Å². The molecule has 2 amide bonds. The second kappa shape index (κ2) is 9.09. The number of carbonyl (C=O) groups is 2. The lowest BCUT2D eigenvalue weighted by Gasteiger charge is -2.16. The van der Waals surface area contributed by atoms with E-state index in [4.69, 9.17) is 27.5 Å². The monoisotopic (exact) mass is 391 g/mol. The maximum atomic E-state index is 12.1. The number of hydrogen-bond acceptors (Lipinski definition) is 7. The van der Waals surface area contributed by atoms with Crippen LogP contribution in [0.4, 0.5) is 0 Å². The summed E-state index contributed by atoms with van der Waals surface area (Å²) in [6.07, 6.45) is 2.77. The van der Waals surface area contributed by atoms with Crippen LogP contribution in [0, 0.1) is 0 Å². The van der Waals surface area contributed by atoms with Gasteiger partial charge in [-0.05, 0) is 41.9 Å². The van der Waals surface area contributed by atoms with Crippen LogP contribution in [-0.2, 0) is 4.79 Å². The van der Waals surface area contributed by atoms with E-state index in [1.54, 1.807) is 35.7 Å². The minimum Gasteiger partial charge on any atom is -0.496 e. The minimum absolute atomic E-state index is 0.204. The maximum absolute atomic E-state index is 12.1. The van der Waals surface area contributed by atoms with E-state index in [0.717, 1.165) is 5.01 Å². The van der Waals surface area contributed by atoms with E-state index in [-0.39, 0.29) is 5.11 Å². The van der Waals surface area contributed by atoms with E-state index in [2.05, 4.69) is 5.32 Å². The van der Waals surface area contributed by atoms with Crippen LogP contribution >= 0.6 is 23.6 Å². The Morgan fingerprint density at radius 3 is 2.38 bits per heavy atom. The number of nitrogens with zero attached hydrogens (tertiary/aromatic N) is 1. The Bertz CT molecular complexity index is 812. The predicted molar refractivity (Wildman–Crippen MR) is 104 cm³/mol. The first-order chi connectivity index (χ1) is 12.5. The van der Waals surface area contributed by atoms with Gasteiger partial charge in [-0.25, -0.2) is 10.9 Å². The molecule has 1 heterocycles. The van der Waals surface area contributed by atoms with Gasteiger partial charge in [0, 0.05) is 6.08 Å². The lowest BCUT2D eigenvalue weighted by Crippen LogP contribution is -2.49. The Morgan fingerprint density at radius 1 is 1.19 bits per heavy atom. The van der Waals surface area contributed by atoms with Crippen LogP contribution < -0.4 is 20.6 Å². The Morgan fingerprint density at radius 2 is 1.85 bits per heavy atom. The molecule has 0 atom stereocenters. The molecular formula is C17H17N3O4S2. The number of thiocarbonyl (C=S) groups is 1. The smallest absolute Gasteiger partial charge is 0.284 e. The summed E-state index contributed by atoms with van der Waals surface area (Å²) in [5, 5.41) is 4.63. The second-order valence-electron chi connectivity index (χ2n) is 4.86. The van der Waals surface area contributed by atoms with Crippen LogP contribution in [0.25, 0.3) is 6.08 Å². The fraction of sp³-hybridized carbons (Fsp3) is 0.118. The SMILES string of the molecule is COc1cccc(OC)c1C=CC(=O)NC(=S)N(N)C(=O)c1cccs1. The van der Waals surface area contributed by atoms with Crippen LogP contribution in [0.5, 0.6) is 11.5 Å². The van der Waals surface area contributed by atoms with E-state index >= 15 is 0 Å². The third-order valence-corrected chi connectivity index (χ3v) is 4.42. The average molecular weight is 391 g/mol. The molecule has 0 fully saturated rings. The number of benzene rings is 1. The van der Waals surface area contributed by atoms with Gasteiger partial charge < -0.3 is 9.47 Å². The van der Waals surface area contributed by atoms with Gasteiger partial charge in [0.15, 0.2) is 5.11 Å². The van der Waals surface area contributed by atoms with Crippen molar-refractivity contribution in [2.24, 2.45) is 5.84 Å².